The van der Waals surface area contributed by atoms with E-state index in [1.54, 1.807) is 14.2 Å². The van der Waals surface area contributed by atoms with Crippen molar-refractivity contribution in [2.45, 2.75) is 45.4 Å². The van der Waals surface area contributed by atoms with Gasteiger partial charge in [0, 0.05) is 47.1 Å². The summed E-state index contributed by atoms with van der Waals surface area (Å²) in [4.78, 5) is 4.81. The van der Waals surface area contributed by atoms with Crippen LogP contribution in [0.15, 0.2) is 4.99 Å². The van der Waals surface area contributed by atoms with Gasteiger partial charge in [-0.25, -0.2) is 0 Å². The molecule has 0 amide bonds. The van der Waals surface area contributed by atoms with Gasteiger partial charge < -0.3 is 24.8 Å². The first-order valence-electron chi connectivity index (χ1n) is 9.34. The molecule has 1 rings (SSSR count). The second kappa shape index (κ2) is 13.4. The molecule has 0 atom stereocenters. The van der Waals surface area contributed by atoms with Gasteiger partial charge in [-0.3, -0.25) is 4.99 Å². The molecule has 0 bridgehead atoms. The van der Waals surface area contributed by atoms with E-state index >= 15 is 0 Å². The molecule has 0 saturated heterocycles. The van der Waals surface area contributed by atoms with Gasteiger partial charge in [-0.2, -0.15) is 0 Å². The molecule has 142 valence electrons. The van der Waals surface area contributed by atoms with E-state index in [4.69, 9.17) is 19.2 Å². The van der Waals surface area contributed by atoms with Gasteiger partial charge in [0.15, 0.2) is 5.96 Å². The third-order valence-corrected chi connectivity index (χ3v) is 4.61. The van der Waals surface area contributed by atoms with Crippen molar-refractivity contribution in [2.24, 2.45) is 10.4 Å². The molecule has 1 fully saturated rings. The zero-order chi connectivity index (χ0) is 17.5. The second-order valence-electron chi connectivity index (χ2n) is 6.53. The molecule has 0 heterocycles. The highest BCUT2D eigenvalue weighted by Gasteiger charge is 2.36. The van der Waals surface area contributed by atoms with Crippen LogP contribution in [0.3, 0.4) is 0 Å². The third kappa shape index (κ3) is 8.85. The van der Waals surface area contributed by atoms with E-state index in [0.717, 1.165) is 58.1 Å². The molecule has 1 aliphatic carbocycles. The fourth-order valence-corrected chi connectivity index (χ4v) is 2.85. The molecule has 6 heteroatoms. The highest BCUT2D eigenvalue weighted by Crippen LogP contribution is 2.44. The van der Waals surface area contributed by atoms with Crippen LogP contribution in [0.1, 0.15) is 45.4 Å². The highest BCUT2D eigenvalue weighted by molar-refractivity contribution is 5.79. The topological polar surface area (TPSA) is 64.1 Å². The van der Waals surface area contributed by atoms with Crippen molar-refractivity contribution >= 4 is 5.96 Å². The third-order valence-electron chi connectivity index (χ3n) is 4.61. The number of ether oxygens (including phenoxy) is 3. The Morgan fingerprint density at radius 2 is 1.79 bits per heavy atom. The summed E-state index contributed by atoms with van der Waals surface area (Å²) in [5.74, 6) is 0.932. The lowest BCUT2D eigenvalue weighted by atomic mass is 9.67. The number of nitrogens with one attached hydrogen (secondary N) is 2. The van der Waals surface area contributed by atoms with Crippen LogP contribution in [0.2, 0.25) is 0 Å². The van der Waals surface area contributed by atoms with Crippen LogP contribution in [0.4, 0.5) is 0 Å². The predicted octanol–water partition coefficient (Wildman–Crippen LogP) is 2.19. The Morgan fingerprint density at radius 3 is 2.42 bits per heavy atom. The average molecular weight is 344 g/mol. The number of guanidine groups is 1. The molecule has 0 spiro atoms. The van der Waals surface area contributed by atoms with E-state index in [2.05, 4.69) is 17.6 Å². The fourth-order valence-electron chi connectivity index (χ4n) is 2.85. The molecule has 0 unspecified atom stereocenters. The van der Waals surface area contributed by atoms with Crippen LogP contribution < -0.4 is 10.6 Å². The van der Waals surface area contributed by atoms with E-state index in [0.29, 0.717) is 18.6 Å². The van der Waals surface area contributed by atoms with Crippen molar-refractivity contribution in [1.82, 2.24) is 10.6 Å². The molecule has 1 saturated carbocycles. The van der Waals surface area contributed by atoms with Crippen LogP contribution >= 0.6 is 0 Å². The van der Waals surface area contributed by atoms with E-state index in [-0.39, 0.29) is 0 Å². The lowest BCUT2D eigenvalue weighted by molar-refractivity contribution is 0.0689. The minimum atomic E-state index is 0.369. The van der Waals surface area contributed by atoms with Crippen LogP contribution in [0.25, 0.3) is 0 Å². The number of methoxy groups -OCH3 is 2. The van der Waals surface area contributed by atoms with Gasteiger partial charge in [0.2, 0.25) is 0 Å². The van der Waals surface area contributed by atoms with Crippen molar-refractivity contribution in [3.63, 3.8) is 0 Å². The summed E-state index contributed by atoms with van der Waals surface area (Å²) in [6.07, 6.45) is 7.12. The molecule has 0 aliphatic heterocycles. The summed E-state index contributed by atoms with van der Waals surface area (Å²) in [5, 5.41) is 6.77. The van der Waals surface area contributed by atoms with Gasteiger partial charge in [-0.15, -0.1) is 0 Å². The molecule has 2 N–H and O–H groups in total. The lowest BCUT2D eigenvalue weighted by Crippen LogP contribution is -2.40. The predicted molar refractivity (Wildman–Crippen MR) is 98.7 cm³/mol. The molecule has 0 aromatic heterocycles. The van der Waals surface area contributed by atoms with Crippen molar-refractivity contribution in [3.8, 4) is 0 Å². The van der Waals surface area contributed by atoms with Crippen molar-refractivity contribution in [2.75, 3.05) is 60.3 Å². The van der Waals surface area contributed by atoms with E-state index in [1.807, 2.05) is 0 Å². The average Bonchev–Trinajstić information content (AvgIpc) is 2.55. The first kappa shape index (κ1) is 21.2. The van der Waals surface area contributed by atoms with Crippen molar-refractivity contribution in [3.05, 3.63) is 0 Å². The summed E-state index contributed by atoms with van der Waals surface area (Å²) in [6.45, 7) is 7.78. The van der Waals surface area contributed by atoms with E-state index in [1.165, 1.54) is 19.3 Å². The zero-order valence-electron chi connectivity index (χ0n) is 15.9. The number of aliphatic imine (C=N–C) groups is 1. The quantitative estimate of drug-likeness (QED) is 0.288. The highest BCUT2D eigenvalue weighted by atomic mass is 16.5. The lowest BCUT2D eigenvalue weighted by Gasteiger charge is -2.40. The zero-order valence-corrected chi connectivity index (χ0v) is 15.9. The Kier molecular flexibility index (Phi) is 11.9. The Balaban J connectivity index is 2.22. The monoisotopic (exact) mass is 343 g/mol. The second-order valence-corrected chi connectivity index (χ2v) is 6.53. The molecule has 0 aromatic carbocycles. The summed E-state index contributed by atoms with van der Waals surface area (Å²) >= 11 is 0. The van der Waals surface area contributed by atoms with Gasteiger partial charge in [0.25, 0.3) is 0 Å². The number of nitrogens with zero attached hydrogens (tertiary/aromatic N) is 1. The Morgan fingerprint density at radius 1 is 1.00 bits per heavy atom. The fraction of sp³-hybridized carbons (Fsp3) is 0.944. The minimum absolute atomic E-state index is 0.369. The number of hydrogen-bond donors (Lipinski definition) is 2. The standard InChI is InChI=1S/C18H37N3O3/c1-4-19-17(20-11-5-6-12-24-15-14-23-3)21-16-18(8-7-9-18)10-13-22-2/h4-16H2,1-3H3,(H2,19,20,21). The normalized spacial score (nSPS) is 16.7. The maximum Gasteiger partial charge on any atom is 0.191 e. The van der Waals surface area contributed by atoms with Crippen LogP contribution in [-0.4, -0.2) is 66.2 Å². The van der Waals surface area contributed by atoms with Crippen LogP contribution in [0.5, 0.6) is 0 Å². The molecule has 24 heavy (non-hydrogen) atoms. The molecule has 0 radical (unpaired) electrons. The Labute approximate surface area is 147 Å². The number of hydrogen-bond acceptors (Lipinski definition) is 4. The Hall–Kier alpha value is -0.850. The smallest absolute Gasteiger partial charge is 0.191 e. The summed E-state index contributed by atoms with van der Waals surface area (Å²) in [6, 6.07) is 0. The molecule has 0 aromatic rings. The SMILES string of the molecule is CCNC(=NCC1(CCOC)CCC1)NCCCCOCCOC. The van der Waals surface area contributed by atoms with Gasteiger partial charge in [-0.1, -0.05) is 6.42 Å². The minimum Gasteiger partial charge on any atom is -0.385 e. The Bertz CT molecular complexity index is 333. The van der Waals surface area contributed by atoms with Crippen molar-refractivity contribution in [1.29, 1.82) is 0 Å². The summed E-state index contributed by atoms with van der Waals surface area (Å²) < 4.78 is 15.7. The molecule has 1 aliphatic rings. The van der Waals surface area contributed by atoms with Crippen LogP contribution in [-0.2, 0) is 14.2 Å². The maximum absolute atomic E-state index is 5.47. The van der Waals surface area contributed by atoms with Gasteiger partial charge >= 0.3 is 0 Å². The molecular formula is C18H37N3O3. The first-order valence-corrected chi connectivity index (χ1v) is 9.34. The largest absolute Gasteiger partial charge is 0.385 e. The van der Waals surface area contributed by atoms with Crippen molar-refractivity contribution < 1.29 is 14.2 Å². The van der Waals surface area contributed by atoms with Crippen LogP contribution in [0, 0.1) is 5.41 Å². The molecular weight excluding hydrogens is 306 g/mol. The van der Waals surface area contributed by atoms with Gasteiger partial charge in [-0.05, 0) is 44.4 Å². The molecule has 6 nitrogen and oxygen atoms in total. The van der Waals surface area contributed by atoms with Gasteiger partial charge in [0.1, 0.15) is 0 Å². The van der Waals surface area contributed by atoms with Gasteiger partial charge in [0.05, 0.1) is 13.2 Å². The van der Waals surface area contributed by atoms with E-state index in [9.17, 15) is 0 Å². The number of unbranched alkanes of at least 4 members (excludes halogenated alkanes) is 1. The summed E-state index contributed by atoms with van der Waals surface area (Å²) in [5.41, 5.74) is 0.369. The summed E-state index contributed by atoms with van der Waals surface area (Å²) in [7, 11) is 3.47. The maximum atomic E-state index is 5.47. The van der Waals surface area contributed by atoms with E-state index < -0.39 is 0 Å². The number of rotatable bonds is 14. The first-order chi connectivity index (χ1) is 11.8.